The van der Waals surface area contributed by atoms with Crippen molar-refractivity contribution < 1.29 is 9.21 Å². The average Bonchev–Trinajstić information content (AvgIpc) is 3.34. The molecule has 0 saturated heterocycles. The third-order valence-corrected chi connectivity index (χ3v) is 4.59. The number of carbonyl (C=O) groups is 1. The SMILES string of the molecule is N#Cc1c(-c2ccccc2)c(-c2ccccc2)nn(CC(=O)N/N=C\c2ccco2)c1=O. The van der Waals surface area contributed by atoms with Gasteiger partial charge in [0.1, 0.15) is 29.6 Å². The molecule has 4 aromatic rings. The van der Waals surface area contributed by atoms with Crippen molar-refractivity contribution in [3.05, 3.63) is 101 Å². The maximum Gasteiger partial charge on any atom is 0.285 e. The molecule has 0 saturated carbocycles. The van der Waals surface area contributed by atoms with E-state index in [0.717, 1.165) is 4.68 Å². The third kappa shape index (κ3) is 4.37. The summed E-state index contributed by atoms with van der Waals surface area (Å²) in [7, 11) is 0. The van der Waals surface area contributed by atoms with Crippen LogP contribution in [0.3, 0.4) is 0 Å². The molecule has 0 aliphatic rings. The molecule has 0 radical (unpaired) electrons. The van der Waals surface area contributed by atoms with Crippen molar-refractivity contribution >= 4 is 12.1 Å². The summed E-state index contributed by atoms with van der Waals surface area (Å²) < 4.78 is 6.08. The number of carbonyl (C=O) groups excluding carboxylic acids is 1. The Morgan fingerprint density at radius 2 is 1.75 bits per heavy atom. The highest BCUT2D eigenvalue weighted by atomic mass is 16.3. The number of hydrogen-bond acceptors (Lipinski definition) is 6. The molecule has 1 amide bonds. The lowest BCUT2D eigenvalue weighted by atomic mass is 9.96. The Bertz CT molecular complexity index is 1350. The summed E-state index contributed by atoms with van der Waals surface area (Å²) in [6.45, 7) is -0.405. The summed E-state index contributed by atoms with van der Waals surface area (Å²) in [5.74, 6) is -0.108. The highest BCUT2D eigenvalue weighted by Gasteiger charge is 2.21. The number of nitrogens with zero attached hydrogens (tertiary/aromatic N) is 4. The highest BCUT2D eigenvalue weighted by molar-refractivity contribution is 5.85. The number of rotatable bonds is 6. The Kier molecular flexibility index (Phi) is 6.00. The third-order valence-electron chi connectivity index (χ3n) is 4.59. The van der Waals surface area contributed by atoms with E-state index in [1.165, 1.54) is 12.5 Å². The molecular weight excluding hydrogens is 406 g/mol. The van der Waals surface area contributed by atoms with E-state index >= 15 is 0 Å². The van der Waals surface area contributed by atoms with E-state index < -0.39 is 18.0 Å². The van der Waals surface area contributed by atoms with Crippen LogP contribution in [0.25, 0.3) is 22.4 Å². The normalized spacial score (nSPS) is 10.7. The molecule has 0 atom stereocenters. The number of hydrogen-bond donors (Lipinski definition) is 1. The molecule has 32 heavy (non-hydrogen) atoms. The lowest BCUT2D eigenvalue weighted by Gasteiger charge is -2.14. The van der Waals surface area contributed by atoms with Gasteiger partial charge in [-0.2, -0.15) is 15.5 Å². The molecule has 0 bridgehead atoms. The molecule has 8 nitrogen and oxygen atoms in total. The maximum absolute atomic E-state index is 13.0. The van der Waals surface area contributed by atoms with Gasteiger partial charge in [0.2, 0.25) is 0 Å². The number of aromatic nitrogens is 2. The van der Waals surface area contributed by atoms with Crippen molar-refractivity contribution in [2.24, 2.45) is 5.10 Å². The van der Waals surface area contributed by atoms with Gasteiger partial charge in [-0.05, 0) is 17.7 Å². The second-order valence-electron chi connectivity index (χ2n) is 6.71. The summed E-state index contributed by atoms with van der Waals surface area (Å²) in [6.07, 6.45) is 2.82. The molecule has 156 valence electrons. The number of nitrogens with one attached hydrogen (secondary N) is 1. The van der Waals surface area contributed by atoms with Crippen molar-refractivity contribution in [2.75, 3.05) is 0 Å². The summed E-state index contributed by atoms with van der Waals surface area (Å²) in [5.41, 5.74) is 3.85. The van der Waals surface area contributed by atoms with Gasteiger partial charge in [-0.1, -0.05) is 60.7 Å². The topological polar surface area (TPSA) is 113 Å². The predicted molar refractivity (Wildman–Crippen MR) is 119 cm³/mol. The molecule has 2 heterocycles. The first-order valence-corrected chi connectivity index (χ1v) is 9.69. The monoisotopic (exact) mass is 423 g/mol. The van der Waals surface area contributed by atoms with Crippen LogP contribution in [0.4, 0.5) is 0 Å². The first kappa shape index (κ1) is 20.5. The first-order valence-electron chi connectivity index (χ1n) is 9.69. The summed E-state index contributed by atoms with van der Waals surface area (Å²) in [5, 5.41) is 18.1. The summed E-state index contributed by atoms with van der Waals surface area (Å²) in [6, 6.07) is 23.7. The Morgan fingerprint density at radius 3 is 2.38 bits per heavy atom. The van der Waals surface area contributed by atoms with E-state index in [2.05, 4.69) is 15.6 Å². The van der Waals surface area contributed by atoms with Gasteiger partial charge in [0, 0.05) is 11.1 Å². The second-order valence-corrected chi connectivity index (χ2v) is 6.71. The molecule has 1 N–H and O–H groups in total. The van der Waals surface area contributed by atoms with Gasteiger partial charge in [-0.3, -0.25) is 9.59 Å². The van der Waals surface area contributed by atoms with Crippen molar-refractivity contribution in [2.45, 2.75) is 6.54 Å². The maximum atomic E-state index is 13.0. The lowest BCUT2D eigenvalue weighted by molar-refractivity contribution is -0.121. The smallest absolute Gasteiger partial charge is 0.285 e. The van der Waals surface area contributed by atoms with Gasteiger partial charge in [-0.25, -0.2) is 10.1 Å². The van der Waals surface area contributed by atoms with Crippen molar-refractivity contribution in [1.29, 1.82) is 5.26 Å². The molecule has 0 aliphatic heterocycles. The van der Waals surface area contributed by atoms with Gasteiger partial charge in [0.25, 0.3) is 11.5 Å². The molecule has 0 unspecified atom stereocenters. The van der Waals surface area contributed by atoms with Crippen LogP contribution in [-0.2, 0) is 11.3 Å². The number of nitriles is 1. The van der Waals surface area contributed by atoms with Crippen LogP contribution in [0.2, 0.25) is 0 Å². The number of furan rings is 1. The van der Waals surface area contributed by atoms with Crippen LogP contribution >= 0.6 is 0 Å². The average molecular weight is 423 g/mol. The van der Waals surface area contributed by atoms with Crippen molar-refractivity contribution in [3.8, 4) is 28.5 Å². The van der Waals surface area contributed by atoms with Gasteiger partial charge in [0.05, 0.1) is 12.5 Å². The van der Waals surface area contributed by atoms with Gasteiger partial charge in [0.15, 0.2) is 0 Å². The Labute approximate surface area is 183 Å². The van der Waals surface area contributed by atoms with Crippen molar-refractivity contribution in [3.63, 3.8) is 0 Å². The van der Waals surface area contributed by atoms with Crippen molar-refractivity contribution in [1.82, 2.24) is 15.2 Å². The number of benzene rings is 2. The van der Waals surface area contributed by atoms with Crippen LogP contribution in [-0.4, -0.2) is 21.9 Å². The van der Waals surface area contributed by atoms with Crippen LogP contribution in [0.1, 0.15) is 11.3 Å². The molecular formula is C24H17N5O3. The second kappa shape index (κ2) is 9.36. The fraction of sp³-hybridized carbons (Fsp3) is 0.0417. The molecule has 2 aromatic heterocycles. The summed E-state index contributed by atoms with van der Waals surface area (Å²) >= 11 is 0. The zero-order chi connectivity index (χ0) is 22.3. The van der Waals surface area contributed by atoms with Gasteiger partial charge < -0.3 is 4.42 Å². The highest BCUT2D eigenvalue weighted by Crippen LogP contribution is 2.31. The van der Waals surface area contributed by atoms with Gasteiger partial charge >= 0.3 is 0 Å². The minimum Gasteiger partial charge on any atom is -0.463 e. The first-order chi connectivity index (χ1) is 15.7. The lowest BCUT2D eigenvalue weighted by Crippen LogP contribution is -2.33. The largest absolute Gasteiger partial charge is 0.463 e. The van der Waals surface area contributed by atoms with Crippen LogP contribution in [0.5, 0.6) is 0 Å². The van der Waals surface area contributed by atoms with E-state index in [0.29, 0.717) is 28.1 Å². The minimum atomic E-state index is -0.656. The van der Waals surface area contributed by atoms with E-state index in [-0.39, 0.29) is 5.56 Å². The zero-order valence-electron chi connectivity index (χ0n) is 16.8. The molecule has 0 aliphatic carbocycles. The van der Waals surface area contributed by atoms with Crippen LogP contribution in [0.15, 0.2) is 93.4 Å². The predicted octanol–water partition coefficient (Wildman–Crippen LogP) is 3.19. The van der Waals surface area contributed by atoms with E-state index in [1.54, 1.807) is 12.1 Å². The van der Waals surface area contributed by atoms with Crippen LogP contribution in [0, 0.1) is 11.3 Å². The molecule has 4 rings (SSSR count). The Balaban J connectivity index is 1.75. The molecule has 0 spiro atoms. The number of amides is 1. The number of hydrazone groups is 1. The van der Waals surface area contributed by atoms with Crippen LogP contribution < -0.4 is 11.0 Å². The standard InChI is InChI=1S/C24H17N5O3/c25-14-20-22(17-8-3-1-4-9-17)23(18-10-5-2-6-11-18)28-29(24(20)31)16-21(30)27-26-15-19-12-7-13-32-19/h1-13,15H,16H2,(H,27,30)/b26-15-. The fourth-order valence-corrected chi connectivity index (χ4v) is 3.17. The molecule has 0 fully saturated rings. The fourth-order valence-electron chi connectivity index (χ4n) is 3.17. The quantitative estimate of drug-likeness (QED) is 0.378. The minimum absolute atomic E-state index is 0.0862. The van der Waals surface area contributed by atoms with Gasteiger partial charge in [-0.15, -0.1) is 0 Å². The summed E-state index contributed by atoms with van der Waals surface area (Å²) in [4.78, 5) is 25.4. The zero-order valence-corrected chi connectivity index (χ0v) is 16.8. The molecule has 8 heteroatoms. The Morgan fingerprint density at radius 1 is 1.06 bits per heavy atom. The Hall–Kier alpha value is -4.77. The van der Waals surface area contributed by atoms with E-state index in [1.807, 2.05) is 66.7 Å². The van der Waals surface area contributed by atoms with E-state index in [4.69, 9.17) is 4.42 Å². The molecule has 2 aromatic carbocycles. The van der Waals surface area contributed by atoms with E-state index in [9.17, 15) is 14.9 Å².